The molecule has 2 N–H and O–H groups in total. The van der Waals surface area contributed by atoms with Gasteiger partial charge in [0.15, 0.2) is 0 Å². The molecule has 5 heteroatoms. The molecule has 0 atom stereocenters. The van der Waals surface area contributed by atoms with Gasteiger partial charge in [-0.15, -0.1) is 0 Å². The fraction of sp³-hybridized carbons (Fsp3) is 1.00. The summed E-state index contributed by atoms with van der Waals surface area (Å²) < 4.78 is 28.9. The third-order valence-corrected chi connectivity index (χ3v) is 5.39. The van der Waals surface area contributed by atoms with Gasteiger partial charge in [-0.2, -0.15) is 0 Å². The van der Waals surface area contributed by atoms with Crippen molar-refractivity contribution in [2.75, 3.05) is 19.0 Å². The van der Waals surface area contributed by atoms with E-state index in [0.717, 1.165) is 44.6 Å². The second-order valence-corrected chi connectivity index (χ2v) is 8.06. The van der Waals surface area contributed by atoms with Gasteiger partial charge in [-0.3, -0.25) is 0 Å². The molecule has 0 heterocycles. The summed E-state index contributed by atoms with van der Waals surface area (Å²) in [5, 5.41) is 5.28. The Hall–Kier alpha value is -0.130. The molecular weight excluding hydrogens is 274 g/mol. The largest absolute Gasteiger partial charge is 0.381 e. The second-order valence-electron chi connectivity index (χ2n) is 6.45. The van der Waals surface area contributed by atoms with Gasteiger partial charge in [0, 0.05) is 12.0 Å². The standard InChI is InChI=1S/C15H31NO3S/c1-3-9-15(10-4-2,13-20(16,17)18)12-19-11-8-14-6-5-7-14/h14H,3-13H2,1-2H3,(H2,16,17,18). The highest BCUT2D eigenvalue weighted by Crippen LogP contribution is 2.33. The van der Waals surface area contributed by atoms with Crippen LogP contribution in [0.5, 0.6) is 0 Å². The first-order chi connectivity index (χ1) is 9.41. The van der Waals surface area contributed by atoms with Crippen LogP contribution in [-0.4, -0.2) is 27.4 Å². The molecule has 1 aliphatic carbocycles. The van der Waals surface area contributed by atoms with Crippen molar-refractivity contribution in [3.05, 3.63) is 0 Å². The van der Waals surface area contributed by atoms with Gasteiger partial charge in [0.2, 0.25) is 10.0 Å². The van der Waals surface area contributed by atoms with Gasteiger partial charge in [0.25, 0.3) is 0 Å². The molecule has 120 valence electrons. The predicted octanol–water partition coefficient (Wildman–Crippen LogP) is 3.07. The summed E-state index contributed by atoms with van der Waals surface area (Å²) in [7, 11) is -3.45. The summed E-state index contributed by atoms with van der Waals surface area (Å²) in [4.78, 5) is 0. The Morgan fingerprint density at radius 2 is 1.80 bits per heavy atom. The van der Waals surface area contributed by atoms with Gasteiger partial charge in [-0.05, 0) is 25.2 Å². The maximum Gasteiger partial charge on any atom is 0.209 e. The van der Waals surface area contributed by atoms with Crippen LogP contribution in [0.1, 0.15) is 65.2 Å². The zero-order chi connectivity index (χ0) is 15.1. The van der Waals surface area contributed by atoms with Gasteiger partial charge in [-0.25, -0.2) is 13.6 Å². The number of ether oxygens (including phenoxy) is 1. The van der Waals surface area contributed by atoms with Gasteiger partial charge in [-0.1, -0.05) is 46.0 Å². The number of sulfonamides is 1. The number of nitrogens with two attached hydrogens (primary N) is 1. The average molecular weight is 305 g/mol. The van der Waals surface area contributed by atoms with E-state index in [1.807, 2.05) is 0 Å². The minimum Gasteiger partial charge on any atom is -0.381 e. The molecule has 0 bridgehead atoms. The van der Waals surface area contributed by atoms with Crippen molar-refractivity contribution < 1.29 is 13.2 Å². The molecule has 0 aromatic heterocycles. The lowest BCUT2D eigenvalue weighted by atomic mass is 9.81. The summed E-state index contributed by atoms with van der Waals surface area (Å²) in [6.07, 6.45) is 8.77. The van der Waals surface area contributed by atoms with Gasteiger partial charge >= 0.3 is 0 Å². The van der Waals surface area contributed by atoms with E-state index >= 15 is 0 Å². The lowest BCUT2D eigenvalue weighted by Crippen LogP contribution is -2.38. The SMILES string of the molecule is CCCC(CCC)(COCCC1CCC1)CS(N)(=O)=O. The van der Waals surface area contributed by atoms with Gasteiger partial charge < -0.3 is 4.74 Å². The van der Waals surface area contributed by atoms with Gasteiger partial charge in [0.1, 0.15) is 0 Å². The van der Waals surface area contributed by atoms with Crippen molar-refractivity contribution in [2.45, 2.75) is 65.2 Å². The molecule has 1 saturated carbocycles. The molecule has 20 heavy (non-hydrogen) atoms. The monoisotopic (exact) mass is 305 g/mol. The van der Waals surface area contributed by atoms with Crippen LogP contribution < -0.4 is 5.14 Å². The molecule has 1 rings (SSSR count). The van der Waals surface area contributed by atoms with Crippen LogP contribution in [0, 0.1) is 11.3 Å². The fourth-order valence-electron chi connectivity index (χ4n) is 3.26. The van der Waals surface area contributed by atoms with Crippen molar-refractivity contribution in [3.8, 4) is 0 Å². The first-order valence-corrected chi connectivity index (χ1v) is 9.70. The lowest BCUT2D eigenvalue weighted by Gasteiger charge is -2.33. The molecule has 0 spiro atoms. The highest BCUT2D eigenvalue weighted by Gasteiger charge is 2.33. The molecule has 1 fully saturated rings. The van der Waals surface area contributed by atoms with Crippen LogP contribution in [0.25, 0.3) is 0 Å². The van der Waals surface area contributed by atoms with Crippen LogP contribution in [-0.2, 0) is 14.8 Å². The highest BCUT2D eigenvalue weighted by molar-refractivity contribution is 7.89. The molecule has 0 amide bonds. The topological polar surface area (TPSA) is 69.4 Å². The van der Waals surface area contributed by atoms with E-state index < -0.39 is 10.0 Å². The van der Waals surface area contributed by atoms with E-state index in [1.165, 1.54) is 19.3 Å². The van der Waals surface area contributed by atoms with Gasteiger partial charge in [0.05, 0.1) is 12.4 Å². The third-order valence-electron chi connectivity index (χ3n) is 4.37. The van der Waals surface area contributed by atoms with Crippen LogP contribution in [0.2, 0.25) is 0 Å². The average Bonchev–Trinajstić information content (AvgIpc) is 2.24. The van der Waals surface area contributed by atoms with E-state index in [-0.39, 0.29) is 11.2 Å². The Kier molecular flexibility index (Phi) is 7.48. The Balaban J connectivity index is 2.49. The smallest absolute Gasteiger partial charge is 0.209 e. The summed E-state index contributed by atoms with van der Waals surface area (Å²) in [6.45, 7) is 5.45. The number of hydrogen-bond acceptors (Lipinski definition) is 3. The summed E-state index contributed by atoms with van der Waals surface area (Å²) in [5.74, 6) is 0.880. The van der Waals surface area contributed by atoms with Crippen molar-refractivity contribution in [1.82, 2.24) is 0 Å². The first kappa shape index (κ1) is 17.9. The number of hydrogen-bond donors (Lipinski definition) is 1. The zero-order valence-electron chi connectivity index (χ0n) is 13.1. The molecule has 0 aliphatic heterocycles. The number of rotatable bonds is 11. The van der Waals surface area contributed by atoms with Crippen molar-refractivity contribution in [3.63, 3.8) is 0 Å². The maximum atomic E-state index is 11.5. The minimum atomic E-state index is -3.45. The number of primary sulfonamides is 1. The first-order valence-electron chi connectivity index (χ1n) is 7.99. The summed E-state index contributed by atoms with van der Waals surface area (Å²) >= 11 is 0. The van der Waals surface area contributed by atoms with E-state index in [0.29, 0.717) is 6.61 Å². The second kappa shape index (κ2) is 8.35. The van der Waals surface area contributed by atoms with Crippen LogP contribution in [0.3, 0.4) is 0 Å². The minimum absolute atomic E-state index is 0.0467. The lowest BCUT2D eigenvalue weighted by molar-refractivity contribution is 0.0322. The van der Waals surface area contributed by atoms with Crippen molar-refractivity contribution >= 4 is 10.0 Å². The normalized spacial score (nSPS) is 17.1. The Morgan fingerprint density at radius 3 is 2.20 bits per heavy atom. The molecule has 0 radical (unpaired) electrons. The highest BCUT2D eigenvalue weighted by atomic mass is 32.2. The van der Waals surface area contributed by atoms with Crippen molar-refractivity contribution in [2.24, 2.45) is 16.5 Å². The van der Waals surface area contributed by atoms with Crippen LogP contribution >= 0.6 is 0 Å². The molecule has 0 saturated heterocycles. The molecule has 4 nitrogen and oxygen atoms in total. The molecule has 0 aromatic carbocycles. The molecule has 0 unspecified atom stereocenters. The molecular formula is C15H31NO3S. The Bertz CT molecular complexity index is 357. The summed E-state index contributed by atoms with van der Waals surface area (Å²) in [5.41, 5.74) is -0.295. The fourth-order valence-corrected chi connectivity index (χ4v) is 4.49. The van der Waals surface area contributed by atoms with Crippen LogP contribution in [0.4, 0.5) is 0 Å². The molecule has 1 aliphatic rings. The van der Waals surface area contributed by atoms with Crippen molar-refractivity contribution in [1.29, 1.82) is 0 Å². The Morgan fingerprint density at radius 1 is 1.20 bits per heavy atom. The maximum absolute atomic E-state index is 11.5. The van der Waals surface area contributed by atoms with E-state index in [4.69, 9.17) is 9.88 Å². The van der Waals surface area contributed by atoms with E-state index in [9.17, 15) is 8.42 Å². The summed E-state index contributed by atoms with van der Waals surface area (Å²) in [6, 6.07) is 0. The predicted molar refractivity (Wildman–Crippen MR) is 83.0 cm³/mol. The quantitative estimate of drug-likeness (QED) is 0.596. The third kappa shape index (κ3) is 6.55. The molecule has 0 aromatic rings. The van der Waals surface area contributed by atoms with Crippen LogP contribution in [0.15, 0.2) is 0 Å². The van der Waals surface area contributed by atoms with E-state index in [1.54, 1.807) is 0 Å². The zero-order valence-corrected chi connectivity index (χ0v) is 13.9. The van der Waals surface area contributed by atoms with E-state index in [2.05, 4.69) is 13.8 Å². The Labute approximate surface area is 124 Å².